The Kier molecular flexibility index (Phi) is 7.79. The van der Waals surface area contributed by atoms with Gasteiger partial charge in [-0.25, -0.2) is 8.42 Å². The van der Waals surface area contributed by atoms with Gasteiger partial charge in [0.15, 0.2) is 0 Å². The van der Waals surface area contributed by atoms with Crippen molar-refractivity contribution in [3.05, 3.63) is 41.4 Å². The van der Waals surface area contributed by atoms with Gasteiger partial charge in [0.25, 0.3) is 10.0 Å². The summed E-state index contributed by atoms with van der Waals surface area (Å²) in [5.41, 5.74) is 5.95. The normalized spacial score (nSPS) is 11.2. The van der Waals surface area contributed by atoms with E-state index in [9.17, 15) is 8.42 Å². The van der Waals surface area contributed by atoms with Crippen LogP contribution >= 0.6 is 11.6 Å². The van der Waals surface area contributed by atoms with Crippen LogP contribution in [0.2, 0.25) is 5.02 Å². The summed E-state index contributed by atoms with van der Waals surface area (Å²) in [5, 5.41) is 0.320. The Morgan fingerprint density at radius 2 is 1.71 bits per heavy atom. The number of methoxy groups -OCH3 is 2. The molecule has 0 aliphatic rings. The first-order chi connectivity index (χ1) is 13.4. The Morgan fingerprint density at radius 1 is 1.07 bits per heavy atom. The third-order valence-electron chi connectivity index (χ3n) is 4.01. The topological polar surface area (TPSA) is 91.1 Å². The average molecular weight is 429 g/mol. The molecule has 0 spiro atoms. The molecule has 0 saturated carbocycles. The second-order valence-electron chi connectivity index (χ2n) is 5.78. The minimum atomic E-state index is -3.88. The Labute approximate surface area is 171 Å². The van der Waals surface area contributed by atoms with Crippen LogP contribution in [0.4, 0.5) is 5.69 Å². The number of hydrogen-bond donors (Lipinski definition) is 1. The fraction of sp³-hybridized carbons (Fsp3) is 0.368. The molecule has 2 N–H and O–H groups in total. The van der Waals surface area contributed by atoms with Gasteiger partial charge >= 0.3 is 0 Å². The molecule has 0 bridgehead atoms. The van der Waals surface area contributed by atoms with Gasteiger partial charge in [0.2, 0.25) is 0 Å². The van der Waals surface area contributed by atoms with Crippen LogP contribution in [0.25, 0.3) is 0 Å². The van der Waals surface area contributed by atoms with Crippen molar-refractivity contribution < 1.29 is 22.6 Å². The third kappa shape index (κ3) is 4.81. The van der Waals surface area contributed by atoms with Crippen molar-refractivity contribution in [1.29, 1.82) is 0 Å². The molecule has 2 aromatic carbocycles. The Hall–Kier alpha value is -2.16. The molecule has 0 unspecified atom stereocenters. The van der Waals surface area contributed by atoms with Gasteiger partial charge < -0.3 is 19.9 Å². The number of rotatable bonds is 10. The minimum absolute atomic E-state index is 0.129. The smallest absolute Gasteiger partial charge is 0.264 e. The van der Waals surface area contributed by atoms with Crippen molar-refractivity contribution in [1.82, 2.24) is 0 Å². The van der Waals surface area contributed by atoms with Gasteiger partial charge in [-0.2, -0.15) is 0 Å². The lowest BCUT2D eigenvalue weighted by molar-refractivity contribution is 0.340. The third-order valence-corrected chi connectivity index (χ3v) is 6.13. The highest BCUT2D eigenvalue weighted by Gasteiger charge is 2.28. The first-order valence-corrected chi connectivity index (χ1v) is 10.6. The number of sulfonamides is 1. The summed E-state index contributed by atoms with van der Waals surface area (Å²) in [7, 11) is -0.973. The fourth-order valence-electron chi connectivity index (χ4n) is 2.65. The average Bonchev–Trinajstić information content (AvgIpc) is 2.69. The maximum absolute atomic E-state index is 13.4. The van der Waals surface area contributed by atoms with Gasteiger partial charge in [0, 0.05) is 18.7 Å². The number of nitrogens with two attached hydrogens (primary N) is 1. The lowest BCUT2D eigenvalue weighted by Crippen LogP contribution is -2.33. The van der Waals surface area contributed by atoms with E-state index < -0.39 is 10.0 Å². The van der Waals surface area contributed by atoms with Crippen LogP contribution in [0.3, 0.4) is 0 Å². The molecule has 0 fully saturated rings. The summed E-state index contributed by atoms with van der Waals surface area (Å²) in [4.78, 5) is 0.129. The predicted octanol–water partition coefficient (Wildman–Crippen LogP) is 3.30. The number of halogens is 1. The van der Waals surface area contributed by atoms with Crippen molar-refractivity contribution in [2.24, 2.45) is 5.73 Å². The van der Waals surface area contributed by atoms with E-state index in [1.54, 1.807) is 18.2 Å². The molecule has 0 heterocycles. The molecule has 2 aromatic rings. The first kappa shape index (κ1) is 22.1. The number of benzene rings is 2. The fourth-order valence-corrected chi connectivity index (χ4v) is 4.38. The summed E-state index contributed by atoms with van der Waals surface area (Å²) in [6.45, 7) is 2.87. The lowest BCUT2D eigenvalue weighted by Gasteiger charge is -2.26. The van der Waals surface area contributed by atoms with E-state index in [0.717, 1.165) is 0 Å². The molecule has 28 heavy (non-hydrogen) atoms. The van der Waals surface area contributed by atoms with Crippen LogP contribution in [-0.4, -0.2) is 42.3 Å². The molecule has 0 aliphatic heterocycles. The van der Waals surface area contributed by atoms with Gasteiger partial charge in [-0.05, 0) is 44.2 Å². The highest BCUT2D eigenvalue weighted by atomic mass is 35.5. The van der Waals surface area contributed by atoms with Gasteiger partial charge in [0.05, 0.1) is 36.4 Å². The molecule has 0 aromatic heterocycles. The molecule has 0 atom stereocenters. The molecular formula is C19H25ClN2O5S. The summed E-state index contributed by atoms with van der Waals surface area (Å²) >= 11 is 6.16. The SMILES string of the molecule is CCOc1ccc(S(=O)(=O)N(CCCN)c2cc(OC)c(Cl)cc2OC)cc1. The van der Waals surface area contributed by atoms with Crippen LogP contribution in [-0.2, 0) is 10.0 Å². The van der Waals surface area contributed by atoms with Crippen molar-refractivity contribution in [3.63, 3.8) is 0 Å². The van der Waals surface area contributed by atoms with E-state index in [0.29, 0.717) is 47.5 Å². The second-order valence-corrected chi connectivity index (χ2v) is 8.05. The van der Waals surface area contributed by atoms with Crippen LogP contribution in [0.15, 0.2) is 41.3 Å². The summed E-state index contributed by atoms with van der Waals surface area (Å²) in [6, 6.07) is 9.34. The standard InChI is InChI=1S/C19H25ClN2O5S/c1-4-27-14-6-8-15(9-7-14)28(23,24)22(11-5-10-21)17-13-18(25-2)16(20)12-19(17)26-3/h6-9,12-13H,4-5,10-11,21H2,1-3H3. The second kappa shape index (κ2) is 9.86. The molecule has 7 nitrogen and oxygen atoms in total. The van der Waals surface area contributed by atoms with Crippen LogP contribution in [0.1, 0.15) is 13.3 Å². The maximum atomic E-state index is 13.4. The van der Waals surface area contributed by atoms with Gasteiger partial charge in [0.1, 0.15) is 17.2 Å². The van der Waals surface area contributed by atoms with E-state index in [1.165, 1.54) is 36.7 Å². The van der Waals surface area contributed by atoms with Crippen molar-refractivity contribution in [3.8, 4) is 17.2 Å². The zero-order valence-electron chi connectivity index (χ0n) is 16.1. The van der Waals surface area contributed by atoms with E-state index >= 15 is 0 Å². The van der Waals surface area contributed by atoms with E-state index in [2.05, 4.69) is 0 Å². The highest BCUT2D eigenvalue weighted by Crippen LogP contribution is 2.40. The van der Waals surface area contributed by atoms with Gasteiger partial charge in [-0.15, -0.1) is 0 Å². The zero-order valence-corrected chi connectivity index (χ0v) is 17.7. The quantitative estimate of drug-likeness (QED) is 0.624. The van der Waals surface area contributed by atoms with Crippen LogP contribution < -0.4 is 24.2 Å². The number of anilines is 1. The van der Waals surface area contributed by atoms with Gasteiger partial charge in [-0.3, -0.25) is 4.31 Å². The molecule has 2 rings (SSSR count). The Balaban J connectivity index is 2.56. The van der Waals surface area contributed by atoms with Crippen LogP contribution in [0, 0.1) is 0 Å². The van der Waals surface area contributed by atoms with Crippen LogP contribution in [0.5, 0.6) is 17.2 Å². The lowest BCUT2D eigenvalue weighted by atomic mass is 10.2. The molecular weight excluding hydrogens is 404 g/mol. The van der Waals surface area contributed by atoms with Crippen molar-refractivity contribution in [2.75, 3.05) is 38.2 Å². The predicted molar refractivity (Wildman–Crippen MR) is 110 cm³/mol. The van der Waals surface area contributed by atoms with Crippen molar-refractivity contribution in [2.45, 2.75) is 18.2 Å². The number of ether oxygens (including phenoxy) is 3. The van der Waals surface area contributed by atoms with Crippen molar-refractivity contribution >= 4 is 27.3 Å². The maximum Gasteiger partial charge on any atom is 0.264 e. The first-order valence-electron chi connectivity index (χ1n) is 8.76. The Morgan fingerprint density at radius 3 is 2.25 bits per heavy atom. The molecule has 9 heteroatoms. The monoisotopic (exact) mass is 428 g/mol. The largest absolute Gasteiger partial charge is 0.495 e. The van der Waals surface area contributed by atoms with E-state index in [4.69, 9.17) is 31.5 Å². The summed E-state index contributed by atoms with van der Waals surface area (Å²) in [5.74, 6) is 1.26. The van der Waals surface area contributed by atoms with E-state index in [-0.39, 0.29) is 11.4 Å². The minimum Gasteiger partial charge on any atom is -0.495 e. The molecule has 0 saturated heterocycles. The van der Waals surface area contributed by atoms with Gasteiger partial charge in [-0.1, -0.05) is 11.6 Å². The number of nitrogens with zero attached hydrogens (tertiary/aromatic N) is 1. The van der Waals surface area contributed by atoms with E-state index in [1.807, 2.05) is 6.92 Å². The summed E-state index contributed by atoms with van der Waals surface area (Å²) < 4.78 is 44.0. The Bertz CT molecular complexity index is 888. The summed E-state index contributed by atoms with van der Waals surface area (Å²) in [6.07, 6.45) is 0.463. The molecule has 154 valence electrons. The number of hydrogen-bond acceptors (Lipinski definition) is 6. The molecule has 0 aliphatic carbocycles. The molecule has 0 amide bonds. The zero-order chi connectivity index (χ0) is 20.7. The molecule has 0 radical (unpaired) electrons. The highest BCUT2D eigenvalue weighted by molar-refractivity contribution is 7.92.